The topological polar surface area (TPSA) is 112 Å². The molecule has 1 amide bonds. The van der Waals surface area contributed by atoms with Crippen molar-refractivity contribution >= 4 is 23.2 Å². The predicted octanol–water partition coefficient (Wildman–Crippen LogP) is 4.90. The van der Waals surface area contributed by atoms with E-state index < -0.39 is 36.4 Å². The van der Waals surface area contributed by atoms with Crippen molar-refractivity contribution in [1.29, 1.82) is 0 Å². The van der Waals surface area contributed by atoms with Gasteiger partial charge in [0.2, 0.25) is 0 Å². The Hall–Kier alpha value is -3.06. The van der Waals surface area contributed by atoms with E-state index in [0.29, 0.717) is 29.3 Å². The van der Waals surface area contributed by atoms with Gasteiger partial charge in [-0.05, 0) is 44.4 Å². The normalized spacial score (nSPS) is 19.9. The maximum absolute atomic E-state index is 13.9. The number of nitrogens with one attached hydrogen (secondary N) is 2. The van der Waals surface area contributed by atoms with E-state index in [-0.39, 0.29) is 43.4 Å². The minimum absolute atomic E-state index is 0.0677. The standard InChI is InChI=1S/C27H33ClF5N7O/c28-20-9-4-3-8-19(20)22(35-17-6-1-2-7-17)15-21(34)24(41)36-18(10-13-40-12-5-11-26(29,30)16-40)14-23-37-25(39-38-23)27(31,32)33/h3-4,8-9,15,17-18H,1-2,5-7,10-14,16,34H2,(H,36,41)(H,37,38,39). The van der Waals surface area contributed by atoms with Gasteiger partial charge in [0.15, 0.2) is 0 Å². The number of aliphatic imine (C=N–C) groups is 1. The highest BCUT2D eigenvalue weighted by molar-refractivity contribution is 6.35. The SMILES string of the molecule is NC(=CC(=NC1CCCC1)c1ccccc1Cl)C(=O)NC(CCN1CCCC(F)(F)C1)Cc1nc(C(F)(F)F)n[nH]1. The molecule has 2 heterocycles. The van der Waals surface area contributed by atoms with Crippen LogP contribution in [0.4, 0.5) is 22.0 Å². The minimum Gasteiger partial charge on any atom is -0.394 e. The van der Waals surface area contributed by atoms with Crippen molar-refractivity contribution in [2.75, 3.05) is 19.6 Å². The number of allylic oxidation sites excluding steroid dienone is 1. The average Bonchev–Trinajstić information content (AvgIpc) is 3.59. The molecular formula is C27H33ClF5N7O. The van der Waals surface area contributed by atoms with Crippen molar-refractivity contribution in [2.45, 2.75) is 75.5 Å². The maximum Gasteiger partial charge on any atom is 0.453 e. The highest BCUT2D eigenvalue weighted by atomic mass is 35.5. The molecule has 4 rings (SSSR count). The van der Waals surface area contributed by atoms with Gasteiger partial charge in [-0.2, -0.15) is 13.2 Å². The Morgan fingerprint density at radius 1 is 1.27 bits per heavy atom. The summed E-state index contributed by atoms with van der Waals surface area (Å²) in [4.78, 5) is 23.1. The molecule has 1 aliphatic heterocycles. The number of benzene rings is 1. The molecule has 4 N–H and O–H groups in total. The van der Waals surface area contributed by atoms with Crippen LogP contribution in [0.1, 0.15) is 62.2 Å². The Kier molecular flexibility index (Phi) is 10.0. The first kappa shape index (κ1) is 30.9. The Morgan fingerprint density at radius 2 is 2.00 bits per heavy atom. The Morgan fingerprint density at radius 3 is 2.66 bits per heavy atom. The summed E-state index contributed by atoms with van der Waals surface area (Å²) >= 11 is 6.41. The van der Waals surface area contributed by atoms with Gasteiger partial charge in [0.1, 0.15) is 5.82 Å². The summed E-state index contributed by atoms with van der Waals surface area (Å²) in [5.41, 5.74) is 7.08. The molecule has 0 radical (unpaired) electrons. The zero-order valence-electron chi connectivity index (χ0n) is 22.4. The number of likely N-dealkylation sites (tertiary alicyclic amines) is 1. The second-order valence-corrected chi connectivity index (χ2v) is 10.9. The lowest BCUT2D eigenvalue weighted by molar-refractivity contribution is -0.144. The number of rotatable bonds is 10. The largest absolute Gasteiger partial charge is 0.453 e. The number of carbonyl (C=O) groups excluding carboxylic acids is 1. The van der Waals surface area contributed by atoms with Crippen LogP contribution >= 0.6 is 11.6 Å². The summed E-state index contributed by atoms with van der Waals surface area (Å²) in [6.07, 6.45) is 0.760. The Labute approximate surface area is 239 Å². The molecule has 41 heavy (non-hydrogen) atoms. The smallest absolute Gasteiger partial charge is 0.394 e. The van der Waals surface area contributed by atoms with E-state index in [0.717, 1.165) is 25.7 Å². The number of aromatic amines is 1. The van der Waals surface area contributed by atoms with Crippen molar-refractivity contribution in [3.8, 4) is 0 Å². The zero-order valence-corrected chi connectivity index (χ0v) is 23.1. The number of piperidine rings is 1. The average molecular weight is 602 g/mol. The molecule has 2 aromatic rings. The third kappa shape index (κ3) is 8.96. The summed E-state index contributed by atoms with van der Waals surface area (Å²) in [5, 5.41) is 8.63. The summed E-state index contributed by atoms with van der Waals surface area (Å²) < 4.78 is 66.9. The zero-order chi connectivity index (χ0) is 29.6. The number of halogens is 6. The molecule has 1 aromatic heterocycles. The van der Waals surface area contributed by atoms with Gasteiger partial charge in [-0.25, -0.2) is 13.8 Å². The van der Waals surface area contributed by atoms with Crippen LogP contribution in [-0.4, -0.2) is 69.3 Å². The third-order valence-electron chi connectivity index (χ3n) is 7.18. The molecule has 224 valence electrons. The number of carbonyl (C=O) groups is 1. The van der Waals surface area contributed by atoms with Crippen LogP contribution in [0.5, 0.6) is 0 Å². The second kappa shape index (κ2) is 13.3. The molecule has 2 fully saturated rings. The number of nitrogens with zero attached hydrogens (tertiary/aromatic N) is 4. The van der Waals surface area contributed by atoms with E-state index in [4.69, 9.17) is 22.3 Å². The van der Waals surface area contributed by atoms with E-state index in [1.54, 1.807) is 29.2 Å². The summed E-state index contributed by atoms with van der Waals surface area (Å²) in [7, 11) is 0. The highest BCUT2D eigenvalue weighted by Crippen LogP contribution is 2.28. The Bertz CT molecular complexity index is 1260. The quantitative estimate of drug-likeness (QED) is 0.204. The van der Waals surface area contributed by atoms with Gasteiger partial charge in [0.05, 0.1) is 24.0 Å². The number of amides is 1. The van der Waals surface area contributed by atoms with Crippen molar-refractivity contribution in [1.82, 2.24) is 25.4 Å². The van der Waals surface area contributed by atoms with Gasteiger partial charge in [-0.15, -0.1) is 5.10 Å². The van der Waals surface area contributed by atoms with Crippen molar-refractivity contribution < 1.29 is 26.7 Å². The van der Waals surface area contributed by atoms with E-state index in [2.05, 4.69) is 20.5 Å². The minimum atomic E-state index is -4.74. The molecule has 14 heteroatoms. The fraction of sp³-hybridized carbons (Fsp3) is 0.556. The number of hydrogen-bond donors (Lipinski definition) is 3. The monoisotopic (exact) mass is 601 g/mol. The van der Waals surface area contributed by atoms with E-state index >= 15 is 0 Å². The molecule has 0 spiro atoms. The van der Waals surface area contributed by atoms with Crippen LogP contribution < -0.4 is 11.1 Å². The van der Waals surface area contributed by atoms with Crippen LogP contribution in [0.15, 0.2) is 41.0 Å². The molecular weight excluding hydrogens is 569 g/mol. The predicted molar refractivity (Wildman–Crippen MR) is 145 cm³/mol. The van der Waals surface area contributed by atoms with Gasteiger partial charge >= 0.3 is 6.18 Å². The van der Waals surface area contributed by atoms with Gasteiger partial charge < -0.3 is 11.1 Å². The molecule has 0 bridgehead atoms. The van der Waals surface area contributed by atoms with E-state index in [1.165, 1.54) is 6.08 Å². The molecule has 2 aliphatic rings. The highest BCUT2D eigenvalue weighted by Gasteiger charge is 2.37. The van der Waals surface area contributed by atoms with Crippen LogP contribution in [0.2, 0.25) is 5.02 Å². The molecule has 1 unspecified atom stereocenters. The van der Waals surface area contributed by atoms with Gasteiger partial charge in [0, 0.05) is 36.0 Å². The molecule has 1 saturated carbocycles. The maximum atomic E-state index is 13.9. The van der Waals surface area contributed by atoms with Gasteiger partial charge in [-0.1, -0.05) is 42.6 Å². The number of H-pyrrole nitrogens is 1. The van der Waals surface area contributed by atoms with E-state index in [9.17, 15) is 26.7 Å². The van der Waals surface area contributed by atoms with E-state index in [1.807, 2.05) is 0 Å². The van der Waals surface area contributed by atoms with Crippen LogP contribution in [-0.2, 0) is 17.4 Å². The molecule has 1 saturated heterocycles. The summed E-state index contributed by atoms with van der Waals surface area (Å²) in [6.45, 7) is 0.227. The van der Waals surface area contributed by atoms with Crippen molar-refractivity contribution in [3.63, 3.8) is 0 Å². The number of hydrogen-bond acceptors (Lipinski definition) is 6. The molecule has 1 aromatic carbocycles. The summed E-state index contributed by atoms with van der Waals surface area (Å²) in [5.74, 6) is -4.93. The lowest BCUT2D eigenvalue weighted by Crippen LogP contribution is -2.46. The van der Waals surface area contributed by atoms with Crippen molar-refractivity contribution in [3.05, 3.63) is 58.3 Å². The second-order valence-electron chi connectivity index (χ2n) is 10.5. The fourth-order valence-corrected chi connectivity index (χ4v) is 5.35. The first-order chi connectivity index (χ1) is 19.4. The third-order valence-corrected chi connectivity index (χ3v) is 7.51. The Balaban J connectivity index is 1.52. The lowest BCUT2D eigenvalue weighted by Gasteiger charge is -2.33. The molecule has 8 nitrogen and oxygen atoms in total. The van der Waals surface area contributed by atoms with Crippen LogP contribution in [0.25, 0.3) is 0 Å². The van der Waals surface area contributed by atoms with Crippen LogP contribution in [0, 0.1) is 0 Å². The number of alkyl halides is 5. The number of aromatic nitrogens is 3. The van der Waals surface area contributed by atoms with Gasteiger partial charge in [0.25, 0.3) is 17.7 Å². The van der Waals surface area contributed by atoms with Crippen LogP contribution in [0.3, 0.4) is 0 Å². The molecule has 1 atom stereocenters. The first-order valence-corrected chi connectivity index (χ1v) is 14.0. The number of nitrogens with two attached hydrogens (primary N) is 1. The molecule has 1 aliphatic carbocycles. The van der Waals surface area contributed by atoms with Crippen molar-refractivity contribution in [2.24, 2.45) is 10.7 Å². The fourth-order valence-electron chi connectivity index (χ4n) is 5.11. The van der Waals surface area contributed by atoms with Gasteiger partial charge in [-0.3, -0.25) is 19.8 Å². The summed E-state index contributed by atoms with van der Waals surface area (Å²) in [6, 6.07) is 6.35. The first-order valence-electron chi connectivity index (χ1n) is 13.6. The lowest BCUT2D eigenvalue weighted by atomic mass is 10.0.